The van der Waals surface area contributed by atoms with Crippen LogP contribution in [0.3, 0.4) is 0 Å². The quantitative estimate of drug-likeness (QED) is 0.706. The predicted molar refractivity (Wildman–Crippen MR) is 94.0 cm³/mol. The lowest BCUT2D eigenvalue weighted by Crippen LogP contribution is -2.18. The third-order valence-corrected chi connectivity index (χ3v) is 4.73. The molecule has 3 aromatic heterocycles. The first kappa shape index (κ1) is 16.4. The van der Waals surface area contributed by atoms with Crippen LogP contribution in [0.15, 0.2) is 39.4 Å². The van der Waals surface area contributed by atoms with Gasteiger partial charge in [-0.2, -0.15) is 0 Å². The number of amides is 2. The summed E-state index contributed by atoms with van der Waals surface area (Å²) in [4.78, 5) is 28.3. The second-order valence-electron chi connectivity index (χ2n) is 5.02. The standard InChI is InChI=1S/C16H15N3O3S2/c1-10(20)17-8-11-4-5-14(22-11)13-9-24-16(18-13)19-15(21)7-12-3-2-6-23-12/h2-6,9H,7-8H2,1H3,(H,17,20)(H,18,19,21). The topological polar surface area (TPSA) is 84.2 Å². The number of hydrogen-bond acceptors (Lipinski definition) is 6. The summed E-state index contributed by atoms with van der Waals surface area (Å²) in [5, 5.41) is 9.76. The molecular weight excluding hydrogens is 346 g/mol. The van der Waals surface area contributed by atoms with Crippen molar-refractivity contribution >= 4 is 39.6 Å². The van der Waals surface area contributed by atoms with Gasteiger partial charge in [0, 0.05) is 17.2 Å². The van der Waals surface area contributed by atoms with Gasteiger partial charge < -0.3 is 15.1 Å². The van der Waals surface area contributed by atoms with Crippen molar-refractivity contribution in [2.75, 3.05) is 5.32 Å². The fourth-order valence-corrected chi connectivity index (χ4v) is 3.42. The first-order chi connectivity index (χ1) is 11.6. The Hall–Kier alpha value is -2.45. The zero-order valence-electron chi connectivity index (χ0n) is 12.9. The maximum Gasteiger partial charge on any atom is 0.231 e. The van der Waals surface area contributed by atoms with Gasteiger partial charge in [0.05, 0.1) is 13.0 Å². The summed E-state index contributed by atoms with van der Waals surface area (Å²) in [5.74, 6) is 1.04. The lowest BCUT2D eigenvalue weighted by Gasteiger charge is -1.99. The smallest absolute Gasteiger partial charge is 0.231 e. The van der Waals surface area contributed by atoms with Crippen molar-refractivity contribution in [3.05, 3.63) is 45.7 Å². The molecule has 3 aromatic rings. The Morgan fingerprint density at radius 3 is 2.88 bits per heavy atom. The first-order valence-electron chi connectivity index (χ1n) is 7.21. The van der Waals surface area contributed by atoms with Gasteiger partial charge in [-0.1, -0.05) is 6.07 Å². The molecule has 124 valence electrons. The molecule has 0 spiro atoms. The van der Waals surface area contributed by atoms with Crippen LogP contribution in [0.4, 0.5) is 5.13 Å². The highest BCUT2D eigenvalue weighted by molar-refractivity contribution is 7.14. The van der Waals surface area contributed by atoms with E-state index in [9.17, 15) is 9.59 Å². The number of anilines is 1. The van der Waals surface area contributed by atoms with Crippen LogP contribution in [0.5, 0.6) is 0 Å². The molecule has 3 rings (SSSR count). The van der Waals surface area contributed by atoms with Crippen LogP contribution in [0.1, 0.15) is 17.6 Å². The summed E-state index contributed by atoms with van der Waals surface area (Å²) in [6, 6.07) is 7.43. The lowest BCUT2D eigenvalue weighted by atomic mass is 10.3. The van der Waals surface area contributed by atoms with Crippen molar-refractivity contribution in [2.45, 2.75) is 19.9 Å². The fraction of sp³-hybridized carbons (Fsp3) is 0.188. The molecule has 0 bridgehead atoms. The van der Waals surface area contributed by atoms with E-state index in [1.54, 1.807) is 23.5 Å². The highest BCUT2D eigenvalue weighted by Crippen LogP contribution is 2.26. The monoisotopic (exact) mass is 361 g/mol. The number of thiophene rings is 1. The number of furan rings is 1. The van der Waals surface area contributed by atoms with Crippen LogP contribution in [0.25, 0.3) is 11.5 Å². The van der Waals surface area contributed by atoms with Crippen molar-refractivity contribution in [3.8, 4) is 11.5 Å². The number of rotatable bonds is 6. The second-order valence-corrected chi connectivity index (χ2v) is 6.91. The zero-order chi connectivity index (χ0) is 16.9. The molecular formula is C16H15N3O3S2. The maximum atomic E-state index is 12.0. The number of thiazole rings is 1. The molecule has 0 aliphatic rings. The molecule has 0 fully saturated rings. The molecule has 0 atom stereocenters. The summed E-state index contributed by atoms with van der Waals surface area (Å²) in [7, 11) is 0. The highest BCUT2D eigenvalue weighted by atomic mass is 32.1. The van der Waals surface area contributed by atoms with Crippen LogP contribution in [0.2, 0.25) is 0 Å². The van der Waals surface area contributed by atoms with Crippen molar-refractivity contribution in [1.82, 2.24) is 10.3 Å². The molecule has 0 saturated heterocycles. The van der Waals surface area contributed by atoms with Crippen LogP contribution in [0, 0.1) is 0 Å². The van der Waals surface area contributed by atoms with Crippen LogP contribution in [-0.4, -0.2) is 16.8 Å². The minimum absolute atomic E-state index is 0.0934. The van der Waals surface area contributed by atoms with E-state index in [1.807, 2.05) is 22.9 Å². The van der Waals surface area contributed by atoms with Gasteiger partial charge in [-0.15, -0.1) is 22.7 Å². The molecule has 0 unspecified atom stereocenters. The van der Waals surface area contributed by atoms with E-state index >= 15 is 0 Å². The molecule has 0 saturated carbocycles. The minimum atomic E-state index is -0.114. The number of carbonyl (C=O) groups is 2. The molecule has 3 heterocycles. The zero-order valence-corrected chi connectivity index (χ0v) is 14.5. The van der Waals surface area contributed by atoms with E-state index in [0.29, 0.717) is 35.3 Å². The summed E-state index contributed by atoms with van der Waals surface area (Å²) in [6.45, 7) is 1.79. The molecule has 8 heteroatoms. The van der Waals surface area contributed by atoms with Crippen molar-refractivity contribution in [3.63, 3.8) is 0 Å². The number of nitrogens with zero attached hydrogens (tertiary/aromatic N) is 1. The van der Waals surface area contributed by atoms with Gasteiger partial charge in [-0.05, 0) is 23.6 Å². The molecule has 0 aromatic carbocycles. The Balaban J connectivity index is 1.60. The third kappa shape index (κ3) is 4.30. The van der Waals surface area contributed by atoms with E-state index in [1.165, 1.54) is 18.3 Å². The molecule has 0 radical (unpaired) electrons. The average molecular weight is 361 g/mol. The number of aromatic nitrogens is 1. The van der Waals surface area contributed by atoms with Gasteiger partial charge in [0.15, 0.2) is 10.9 Å². The number of nitrogens with one attached hydrogen (secondary N) is 2. The van der Waals surface area contributed by atoms with E-state index in [0.717, 1.165) is 4.88 Å². The normalized spacial score (nSPS) is 10.5. The van der Waals surface area contributed by atoms with Crippen LogP contribution < -0.4 is 10.6 Å². The van der Waals surface area contributed by atoms with Crippen LogP contribution >= 0.6 is 22.7 Å². The van der Waals surface area contributed by atoms with E-state index in [4.69, 9.17) is 4.42 Å². The minimum Gasteiger partial charge on any atom is -0.458 e. The van der Waals surface area contributed by atoms with Crippen molar-refractivity contribution in [1.29, 1.82) is 0 Å². The van der Waals surface area contributed by atoms with Gasteiger partial charge >= 0.3 is 0 Å². The molecule has 0 aliphatic carbocycles. The number of carbonyl (C=O) groups excluding carboxylic acids is 2. The summed E-state index contributed by atoms with van der Waals surface area (Å²) < 4.78 is 5.64. The summed E-state index contributed by atoms with van der Waals surface area (Å²) in [5.41, 5.74) is 0.653. The first-order valence-corrected chi connectivity index (χ1v) is 8.97. The van der Waals surface area contributed by atoms with Crippen molar-refractivity contribution in [2.24, 2.45) is 0 Å². The van der Waals surface area contributed by atoms with Gasteiger partial charge in [-0.3, -0.25) is 9.59 Å². The summed E-state index contributed by atoms with van der Waals surface area (Å²) in [6.07, 6.45) is 0.341. The lowest BCUT2D eigenvalue weighted by molar-refractivity contribution is -0.119. The Morgan fingerprint density at radius 1 is 1.25 bits per heavy atom. The largest absolute Gasteiger partial charge is 0.458 e. The number of hydrogen-bond donors (Lipinski definition) is 2. The van der Waals surface area contributed by atoms with Gasteiger partial charge in [0.1, 0.15) is 11.5 Å². The third-order valence-electron chi connectivity index (χ3n) is 3.09. The van der Waals surface area contributed by atoms with E-state index in [-0.39, 0.29) is 11.8 Å². The fourth-order valence-electron chi connectivity index (χ4n) is 2.00. The van der Waals surface area contributed by atoms with Crippen LogP contribution in [-0.2, 0) is 22.6 Å². The highest BCUT2D eigenvalue weighted by Gasteiger charge is 2.12. The molecule has 0 aliphatic heterocycles. The Bertz CT molecular complexity index is 837. The van der Waals surface area contributed by atoms with E-state index in [2.05, 4.69) is 15.6 Å². The van der Waals surface area contributed by atoms with Gasteiger partial charge in [0.25, 0.3) is 0 Å². The molecule has 6 nitrogen and oxygen atoms in total. The molecule has 2 amide bonds. The summed E-state index contributed by atoms with van der Waals surface area (Å²) >= 11 is 2.89. The average Bonchev–Trinajstić information content (AvgIpc) is 3.26. The Morgan fingerprint density at radius 2 is 2.12 bits per heavy atom. The Labute approximate surface area is 146 Å². The molecule has 2 N–H and O–H groups in total. The van der Waals surface area contributed by atoms with Gasteiger partial charge in [-0.25, -0.2) is 4.98 Å². The van der Waals surface area contributed by atoms with E-state index < -0.39 is 0 Å². The van der Waals surface area contributed by atoms with Crippen molar-refractivity contribution < 1.29 is 14.0 Å². The van der Waals surface area contributed by atoms with Gasteiger partial charge in [0.2, 0.25) is 11.8 Å². The maximum absolute atomic E-state index is 12.0. The Kier molecular flexibility index (Phi) is 5.07. The predicted octanol–water partition coefficient (Wildman–Crippen LogP) is 3.28. The second kappa shape index (κ2) is 7.41. The SMILES string of the molecule is CC(=O)NCc1ccc(-c2csc(NC(=O)Cc3cccs3)n2)o1. The molecule has 24 heavy (non-hydrogen) atoms.